The van der Waals surface area contributed by atoms with Gasteiger partial charge in [-0.05, 0) is 34.1 Å². The predicted molar refractivity (Wildman–Crippen MR) is 110 cm³/mol. The highest BCUT2D eigenvalue weighted by atomic mass is 79.9. The Labute approximate surface area is 187 Å². The fourth-order valence-electron chi connectivity index (χ4n) is 2.56. The summed E-state index contributed by atoms with van der Waals surface area (Å²) in [5.41, 5.74) is -1.31. The fourth-order valence-corrected chi connectivity index (χ4v) is 3.01. The predicted octanol–water partition coefficient (Wildman–Crippen LogP) is 3.86. The summed E-state index contributed by atoms with van der Waals surface area (Å²) in [7, 11) is 0. The van der Waals surface area contributed by atoms with Crippen LogP contribution in [-0.4, -0.2) is 39.7 Å². The molecule has 2 N–H and O–H groups in total. The van der Waals surface area contributed by atoms with Crippen molar-refractivity contribution in [3.8, 4) is 5.69 Å². The Bertz CT molecular complexity index is 1110. The Morgan fingerprint density at radius 1 is 1.10 bits per heavy atom. The molecule has 2 heterocycles. The summed E-state index contributed by atoms with van der Waals surface area (Å²) in [5.74, 6) is -1.44. The van der Waals surface area contributed by atoms with Crippen molar-refractivity contribution >= 4 is 39.3 Å². The molecular weight excluding hydrogens is 503 g/mol. The van der Waals surface area contributed by atoms with E-state index in [0.29, 0.717) is 10.2 Å². The van der Waals surface area contributed by atoms with Crippen molar-refractivity contribution in [3.05, 3.63) is 75.2 Å². The molecule has 7 nitrogen and oxygen atoms in total. The van der Waals surface area contributed by atoms with Gasteiger partial charge in [-0.15, -0.1) is 0 Å². The molecule has 3 aromatic rings. The summed E-state index contributed by atoms with van der Waals surface area (Å²) in [5, 5.41) is 8.60. The topological polar surface area (TPSA) is 88.9 Å². The van der Waals surface area contributed by atoms with Crippen molar-refractivity contribution in [2.45, 2.75) is 6.18 Å². The first-order chi connectivity index (χ1) is 14.7. The van der Waals surface area contributed by atoms with Crippen LogP contribution in [0.2, 0.25) is 5.15 Å². The van der Waals surface area contributed by atoms with E-state index in [4.69, 9.17) is 11.6 Å². The minimum absolute atomic E-state index is 0.0149. The average Bonchev–Trinajstić information content (AvgIpc) is 3.20. The van der Waals surface area contributed by atoms with E-state index < -0.39 is 29.2 Å². The number of nitrogens with one attached hydrogen (secondary N) is 2. The number of hydrogen-bond donors (Lipinski definition) is 2. The number of halogens is 5. The molecule has 0 spiro atoms. The molecule has 12 heteroatoms. The van der Waals surface area contributed by atoms with Gasteiger partial charge in [0.2, 0.25) is 0 Å². The van der Waals surface area contributed by atoms with Gasteiger partial charge < -0.3 is 10.6 Å². The number of rotatable bonds is 6. The van der Waals surface area contributed by atoms with Gasteiger partial charge in [-0.25, -0.2) is 9.67 Å². The van der Waals surface area contributed by atoms with Gasteiger partial charge in [0.25, 0.3) is 11.8 Å². The van der Waals surface area contributed by atoms with Crippen LogP contribution >= 0.6 is 27.5 Å². The lowest BCUT2D eigenvalue weighted by Gasteiger charge is -2.08. The highest BCUT2D eigenvalue weighted by Gasteiger charge is 2.39. The molecule has 31 heavy (non-hydrogen) atoms. The van der Waals surface area contributed by atoms with Gasteiger partial charge in [0.15, 0.2) is 5.69 Å². The molecule has 2 aromatic heterocycles. The first-order valence-electron chi connectivity index (χ1n) is 8.76. The minimum Gasteiger partial charge on any atom is -0.350 e. The number of amides is 2. The molecule has 0 saturated carbocycles. The normalized spacial score (nSPS) is 11.3. The summed E-state index contributed by atoms with van der Waals surface area (Å²) < 4.78 is 41.5. The van der Waals surface area contributed by atoms with Crippen molar-refractivity contribution < 1.29 is 22.8 Å². The van der Waals surface area contributed by atoms with E-state index in [1.165, 1.54) is 12.3 Å². The zero-order valence-electron chi connectivity index (χ0n) is 15.6. The molecule has 0 saturated heterocycles. The number of para-hydroxylation sites is 1. The number of pyridine rings is 1. The maximum Gasteiger partial charge on any atom is 0.435 e. The second kappa shape index (κ2) is 9.48. The van der Waals surface area contributed by atoms with Gasteiger partial charge in [0.1, 0.15) is 5.15 Å². The molecule has 0 aliphatic heterocycles. The van der Waals surface area contributed by atoms with Crippen LogP contribution in [0.3, 0.4) is 0 Å². The van der Waals surface area contributed by atoms with E-state index in [-0.39, 0.29) is 23.8 Å². The SMILES string of the molecule is O=C(NCCNC(=O)c1cn(-c2ccccc2)nc1C(F)(F)F)c1cnc(Cl)c(Br)c1. The number of aromatic nitrogens is 3. The number of hydrogen-bond acceptors (Lipinski definition) is 4. The molecule has 0 radical (unpaired) electrons. The fraction of sp³-hybridized carbons (Fsp3) is 0.158. The van der Waals surface area contributed by atoms with E-state index in [2.05, 4.69) is 36.6 Å². The lowest BCUT2D eigenvalue weighted by atomic mass is 10.2. The number of carbonyl (C=O) groups excluding carboxylic acids is 2. The van der Waals surface area contributed by atoms with Crippen LogP contribution in [0.5, 0.6) is 0 Å². The third kappa shape index (κ3) is 5.61. The Hall–Kier alpha value is -2.92. The second-order valence-electron chi connectivity index (χ2n) is 6.18. The van der Waals surface area contributed by atoms with Gasteiger partial charge in [-0.3, -0.25) is 9.59 Å². The van der Waals surface area contributed by atoms with E-state index in [1.807, 2.05) is 0 Å². The summed E-state index contributed by atoms with van der Waals surface area (Å²) in [4.78, 5) is 28.3. The Kier molecular flexibility index (Phi) is 6.96. The van der Waals surface area contributed by atoms with Crippen LogP contribution in [0, 0.1) is 0 Å². The molecule has 3 rings (SSSR count). The van der Waals surface area contributed by atoms with Crippen molar-refractivity contribution in [1.29, 1.82) is 0 Å². The highest BCUT2D eigenvalue weighted by Crippen LogP contribution is 2.31. The summed E-state index contributed by atoms with van der Waals surface area (Å²) in [6, 6.07) is 9.58. The average molecular weight is 517 g/mol. The van der Waals surface area contributed by atoms with Gasteiger partial charge in [-0.1, -0.05) is 29.8 Å². The summed E-state index contributed by atoms with van der Waals surface area (Å²) >= 11 is 8.92. The summed E-state index contributed by atoms with van der Waals surface area (Å²) in [6.45, 7) is -0.112. The van der Waals surface area contributed by atoms with Gasteiger partial charge in [0.05, 0.1) is 21.3 Å². The monoisotopic (exact) mass is 515 g/mol. The first-order valence-corrected chi connectivity index (χ1v) is 9.93. The third-order valence-electron chi connectivity index (χ3n) is 4.00. The maximum atomic E-state index is 13.3. The van der Waals surface area contributed by atoms with Crippen LogP contribution in [-0.2, 0) is 6.18 Å². The molecule has 0 aliphatic carbocycles. The smallest absolute Gasteiger partial charge is 0.350 e. The molecule has 162 valence electrons. The highest BCUT2D eigenvalue weighted by molar-refractivity contribution is 9.10. The zero-order chi connectivity index (χ0) is 22.6. The number of alkyl halides is 3. The number of carbonyl (C=O) groups is 2. The Balaban J connectivity index is 1.64. The second-order valence-corrected chi connectivity index (χ2v) is 7.39. The van der Waals surface area contributed by atoms with Crippen molar-refractivity contribution in [3.63, 3.8) is 0 Å². The van der Waals surface area contributed by atoms with Gasteiger partial charge in [0, 0.05) is 25.5 Å². The van der Waals surface area contributed by atoms with E-state index >= 15 is 0 Å². The van der Waals surface area contributed by atoms with Gasteiger partial charge >= 0.3 is 6.18 Å². The quantitative estimate of drug-likeness (QED) is 0.385. The molecule has 0 aliphatic rings. The standard InChI is InChI=1S/C19H14BrClF3N5O2/c20-14-8-11(9-27-16(14)21)17(30)25-6-7-26-18(31)13-10-29(12-4-2-1-3-5-12)28-15(13)19(22,23)24/h1-5,8-10H,6-7H2,(H,25,30)(H,26,31). The molecule has 2 amide bonds. The van der Waals surface area contributed by atoms with Crippen LogP contribution in [0.4, 0.5) is 13.2 Å². The van der Waals surface area contributed by atoms with Crippen LogP contribution < -0.4 is 10.6 Å². The third-order valence-corrected chi connectivity index (χ3v) is 5.14. The number of benzene rings is 1. The van der Waals surface area contributed by atoms with E-state index in [0.717, 1.165) is 10.9 Å². The molecule has 0 unspecified atom stereocenters. The Morgan fingerprint density at radius 3 is 2.35 bits per heavy atom. The van der Waals surface area contributed by atoms with Crippen LogP contribution in [0.15, 0.2) is 53.3 Å². The van der Waals surface area contributed by atoms with Crippen LogP contribution in [0.1, 0.15) is 26.4 Å². The first kappa shape index (κ1) is 22.8. The van der Waals surface area contributed by atoms with Gasteiger partial charge in [-0.2, -0.15) is 18.3 Å². The minimum atomic E-state index is -4.81. The van der Waals surface area contributed by atoms with Crippen molar-refractivity contribution in [2.75, 3.05) is 13.1 Å². The Morgan fingerprint density at radius 2 is 1.74 bits per heavy atom. The van der Waals surface area contributed by atoms with Crippen LogP contribution in [0.25, 0.3) is 5.69 Å². The summed E-state index contributed by atoms with van der Waals surface area (Å²) in [6.07, 6.45) is -2.52. The maximum absolute atomic E-state index is 13.3. The lowest BCUT2D eigenvalue weighted by Crippen LogP contribution is -2.35. The molecule has 0 bridgehead atoms. The molecular formula is C19H14BrClF3N5O2. The molecule has 1 aromatic carbocycles. The largest absolute Gasteiger partial charge is 0.435 e. The molecule has 0 fully saturated rings. The number of nitrogens with zero attached hydrogens (tertiary/aromatic N) is 3. The molecule has 0 atom stereocenters. The van der Waals surface area contributed by atoms with E-state index in [9.17, 15) is 22.8 Å². The van der Waals surface area contributed by atoms with Crippen molar-refractivity contribution in [2.24, 2.45) is 0 Å². The van der Waals surface area contributed by atoms with E-state index in [1.54, 1.807) is 30.3 Å². The zero-order valence-corrected chi connectivity index (χ0v) is 17.9. The van der Waals surface area contributed by atoms with Crippen molar-refractivity contribution in [1.82, 2.24) is 25.4 Å². The lowest BCUT2D eigenvalue weighted by molar-refractivity contribution is -0.141.